The van der Waals surface area contributed by atoms with Gasteiger partial charge in [0.15, 0.2) is 0 Å². The smallest absolute Gasteiger partial charge is 0.266 e. The second kappa shape index (κ2) is 5.80. The summed E-state index contributed by atoms with van der Waals surface area (Å²) in [6.45, 7) is 0.748. The first-order valence-electron chi connectivity index (χ1n) is 6.34. The largest absolute Gasteiger partial charge is 0.268 e. The number of hydrogen-bond acceptors (Lipinski definition) is 2. The number of aromatic nitrogens is 2. The van der Waals surface area contributed by atoms with Crippen molar-refractivity contribution in [1.82, 2.24) is 9.78 Å². The fraction of sp³-hybridized carbons (Fsp3) is 0.692. The Morgan fingerprint density at radius 3 is 2.59 bits per heavy atom. The summed E-state index contributed by atoms with van der Waals surface area (Å²) >= 11 is 3.64. The highest BCUT2D eigenvalue weighted by Crippen LogP contribution is 2.37. The lowest BCUT2D eigenvalue weighted by Crippen LogP contribution is -2.34. The maximum atomic E-state index is 11.7. The molecule has 0 saturated heterocycles. The summed E-state index contributed by atoms with van der Waals surface area (Å²) in [7, 11) is 0. The molecule has 0 amide bonds. The SMILES string of the molecule is O=c1cccnn1CC1(CBr)CCCCCC1. The van der Waals surface area contributed by atoms with Gasteiger partial charge >= 0.3 is 0 Å². The van der Waals surface area contributed by atoms with Gasteiger partial charge in [-0.05, 0) is 24.3 Å². The van der Waals surface area contributed by atoms with Crippen LogP contribution in [0.5, 0.6) is 0 Å². The zero-order valence-electron chi connectivity index (χ0n) is 10.1. The fourth-order valence-corrected chi connectivity index (χ4v) is 3.37. The van der Waals surface area contributed by atoms with E-state index in [1.165, 1.54) is 38.5 Å². The maximum Gasteiger partial charge on any atom is 0.266 e. The molecule has 1 aromatic heterocycles. The van der Waals surface area contributed by atoms with Crippen molar-refractivity contribution in [2.24, 2.45) is 5.41 Å². The van der Waals surface area contributed by atoms with Crippen LogP contribution in [-0.2, 0) is 6.54 Å². The third-order valence-electron chi connectivity index (χ3n) is 3.72. The average molecular weight is 299 g/mol. The first kappa shape index (κ1) is 12.8. The minimum Gasteiger partial charge on any atom is -0.268 e. The van der Waals surface area contributed by atoms with Gasteiger partial charge in [-0.3, -0.25) is 4.79 Å². The Morgan fingerprint density at radius 2 is 2.00 bits per heavy atom. The van der Waals surface area contributed by atoms with Gasteiger partial charge in [0.25, 0.3) is 5.56 Å². The van der Waals surface area contributed by atoms with Crippen molar-refractivity contribution >= 4 is 15.9 Å². The van der Waals surface area contributed by atoms with Gasteiger partial charge in [0.05, 0.1) is 6.54 Å². The van der Waals surface area contributed by atoms with Crippen molar-refractivity contribution in [1.29, 1.82) is 0 Å². The van der Waals surface area contributed by atoms with E-state index >= 15 is 0 Å². The maximum absolute atomic E-state index is 11.7. The molecule has 0 atom stereocenters. The van der Waals surface area contributed by atoms with Crippen LogP contribution in [0.15, 0.2) is 23.1 Å². The van der Waals surface area contributed by atoms with Crippen LogP contribution < -0.4 is 5.56 Å². The highest BCUT2D eigenvalue weighted by atomic mass is 79.9. The molecule has 1 aliphatic carbocycles. The third-order valence-corrected chi connectivity index (χ3v) is 4.91. The summed E-state index contributed by atoms with van der Waals surface area (Å²) in [5.41, 5.74) is 0.228. The number of nitrogens with zero attached hydrogens (tertiary/aromatic N) is 2. The molecule has 3 nitrogen and oxygen atoms in total. The van der Waals surface area contributed by atoms with Crippen LogP contribution in [0.1, 0.15) is 38.5 Å². The molecule has 1 aromatic rings. The highest BCUT2D eigenvalue weighted by molar-refractivity contribution is 9.09. The van der Waals surface area contributed by atoms with E-state index in [2.05, 4.69) is 21.0 Å². The van der Waals surface area contributed by atoms with E-state index in [1.54, 1.807) is 23.0 Å². The van der Waals surface area contributed by atoms with Crippen LogP contribution in [0.25, 0.3) is 0 Å². The van der Waals surface area contributed by atoms with Gasteiger partial charge < -0.3 is 0 Å². The Balaban J connectivity index is 2.18. The molecule has 0 aliphatic heterocycles. The van der Waals surface area contributed by atoms with Crippen molar-refractivity contribution in [3.63, 3.8) is 0 Å². The standard InChI is InChI=1S/C13H19BrN2O/c14-10-13(7-3-1-2-4-8-13)11-16-12(17)6-5-9-15-16/h5-6,9H,1-4,7-8,10-11H2. The van der Waals surface area contributed by atoms with Crippen molar-refractivity contribution < 1.29 is 0 Å². The van der Waals surface area contributed by atoms with Crippen molar-refractivity contribution in [3.8, 4) is 0 Å². The number of halogens is 1. The molecule has 0 aromatic carbocycles. The summed E-state index contributed by atoms with van der Waals surface area (Å²) in [4.78, 5) is 11.7. The fourth-order valence-electron chi connectivity index (χ4n) is 2.64. The van der Waals surface area contributed by atoms with E-state index in [9.17, 15) is 4.79 Å². The summed E-state index contributed by atoms with van der Waals surface area (Å²) in [5.74, 6) is 0. The first-order valence-corrected chi connectivity index (χ1v) is 7.46. The molecule has 0 bridgehead atoms. The molecule has 0 N–H and O–H groups in total. The average Bonchev–Trinajstić information content (AvgIpc) is 2.58. The van der Waals surface area contributed by atoms with Crippen molar-refractivity contribution in [2.75, 3.05) is 5.33 Å². The molecule has 0 radical (unpaired) electrons. The van der Waals surface area contributed by atoms with Crippen LogP contribution in [-0.4, -0.2) is 15.1 Å². The molecule has 0 unspecified atom stereocenters. The van der Waals surface area contributed by atoms with E-state index in [1.807, 2.05) is 0 Å². The van der Waals surface area contributed by atoms with Crippen LogP contribution in [0, 0.1) is 5.41 Å². The lowest BCUT2D eigenvalue weighted by atomic mass is 9.82. The number of rotatable bonds is 3. The third kappa shape index (κ3) is 3.18. The molecule has 1 saturated carbocycles. The van der Waals surface area contributed by atoms with Gasteiger partial charge in [0.2, 0.25) is 0 Å². The zero-order chi connectivity index (χ0) is 12.1. The molecular weight excluding hydrogens is 280 g/mol. The van der Waals surface area contributed by atoms with Crippen molar-refractivity contribution in [2.45, 2.75) is 45.1 Å². The summed E-state index contributed by atoms with van der Waals surface area (Å²) in [6, 6.07) is 3.29. The predicted octanol–water partition coefficient (Wildman–Crippen LogP) is 2.98. The molecule has 2 rings (SSSR count). The molecule has 1 fully saturated rings. The normalized spacial score (nSPS) is 19.8. The van der Waals surface area contributed by atoms with Gasteiger partial charge in [-0.25, -0.2) is 4.68 Å². The van der Waals surface area contributed by atoms with Crippen LogP contribution in [0.2, 0.25) is 0 Å². The summed E-state index contributed by atoms with van der Waals surface area (Å²) in [6.07, 6.45) is 9.28. The predicted molar refractivity (Wildman–Crippen MR) is 72.4 cm³/mol. The van der Waals surface area contributed by atoms with Crippen LogP contribution in [0.3, 0.4) is 0 Å². The van der Waals surface area contributed by atoms with Crippen LogP contribution in [0.4, 0.5) is 0 Å². The Labute approximate surface area is 110 Å². The molecule has 4 heteroatoms. The zero-order valence-corrected chi connectivity index (χ0v) is 11.7. The Morgan fingerprint density at radius 1 is 1.29 bits per heavy atom. The molecule has 1 aliphatic rings. The quantitative estimate of drug-likeness (QED) is 0.635. The molecular formula is C13H19BrN2O. The van der Waals surface area contributed by atoms with E-state index in [0.717, 1.165) is 11.9 Å². The highest BCUT2D eigenvalue weighted by Gasteiger charge is 2.30. The monoisotopic (exact) mass is 298 g/mol. The Bertz CT molecular complexity index is 408. The van der Waals surface area contributed by atoms with Gasteiger partial charge in [-0.2, -0.15) is 5.10 Å². The van der Waals surface area contributed by atoms with Gasteiger partial charge in [-0.1, -0.05) is 41.6 Å². The molecule has 94 valence electrons. The number of hydrogen-bond donors (Lipinski definition) is 0. The van der Waals surface area contributed by atoms with Gasteiger partial charge in [0, 0.05) is 17.6 Å². The lowest BCUT2D eigenvalue weighted by molar-refractivity contribution is 0.227. The summed E-state index contributed by atoms with van der Waals surface area (Å²) < 4.78 is 1.62. The molecule has 0 spiro atoms. The summed E-state index contributed by atoms with van der Waals surface area (Å²) in [5, 5.41) is 5.14. The Hall–Kier alpha value is -0.640. The van der Waals surface area contributed by atoms with E-state index in [0.29, 0.717) is 0 Å². The number of alkyl halides is 1. The second-order valence-corrected chi connectivity index (χ2v) is 5.63. The lowest BCUT2D eigenvalue weighted by Gasteiger charge is -2.30. The first-order chi connectivity index (χ1) is 8.26. The topological polar surface area (TPSA) is 34.9 Å². The van der Waals surface area contributed by atoms with Gasteiger partial charge in [0.1, 0.15) is 0 Å². The van der Waals surface area contributed by atoms with Gasteiger partial charge in [-0.15, -0.1) is 0 Å². The minimum absolute atomic E-state index is 0.0112. The van der Waals surface area contributed by atoms with E-state index in [-0.39, 0.29) is 11.0 Å². The second-order valence-electron chi connectivity index (χ2n) is 5.07. The molecule has 1 heterocycles. The Kier molecular flexibility index (Phi) is 4.37. The minimum atomic E-state index is 0.0112. The van der Waals surface area contributed by atoms with Crippen molar-refractivity contribution in [3.05, 3.63) is 28.7 Å². The van der Waals surface area contributed by atoms with Crippen LogP contribution >= 0.6 is 15.9 Å². The van der Waals surface area contributed by atoms with E-state index < -0.39 is 0 Å². The molecule has 17 heavy (non-hydrogen) atoms. The van der Waals surface area contributed by atoms with E-state index in [4.69, 9.17) is 0 Å².